The molecule has 0 radical (unpaired) electrons. The normalized spacial score (nSPS) is 14.8. The van der Waals surface area contributed by atoms with Gasteiger partial charge >= 0.3 is 0 Å². The third-order valence-electron chi connectivity index (χ3n) is 2.93. The van der Waals surface area contributed by atoms with Gasteiger partial charge in [-0.1, -0.05) is 19.9 Å². The van der Waals surface area contributed by atoms with E-state index in [1.54, 1.807) is 0 Å². The first-order valence-electron chi connectivity index (χ1n) is 6.55. The van der Waals surface area contributed by atoms with Crippen LogP contribution in [0.25, 0.3) is 0 Å². The Kier molecular flexibility index (Phi) is 5.20. The maximum absolute atomic E-state index is 5.44. The van der Waals surface area contributed by atoms with Crippen molar-refractivity contribution in [2.75, 3.05) is 24.8 Å². The molecule has 0 saturated heterocycles. The Labute approximate surface area is 113 Å². The molecule has 2 rings (SSSR count). The van der Waals surface area contributed by atoms with Crippen molar-refractivity contribution in [2.24, 2.45) is 0 Å². The second kappa shape index (κ2) is 6.90. The highest BCUT2D eigenvalue weighted by atomic mass is 32.2. The van der Waals surface area contributed by atoms with Crippen LogP contribution in [0.3, 0.4) is 0 Å². The maximum atomic E-state index is 5.44. The lowest BCUT2D eigenvalue weighted by atomic mass is 10.1. The van der Waals surface area contributed by atoms with E-state index in [2.05, 4.69) is 31.3 Å². The molecule has 0 bridgehead atoms. The van der Waals surface area contributed by atoms with Gasteiger partial charge in [0.15, 0.2) is 11.5 Å². The van der Waals surface area contributed by atoms with E-state index in [0.29, 0.717) is 12.8 Å². The summed E-state index contributed by atoms with van der Waals surface area (Å²) >= 11 is 1.96. The molecule has 1 aromatic carbocycles. The van der Waals surface area contributed by atoms with Gasteiger partial charge in [0.25, 0.3) is 0 Å². The maximum Gasteiger partial charge on any atom is 0.231 e. The van der Waals surface area contributed by atoms with Gasteiger partial charge in [0.2, 0.25) is 6.79 Å². The minimum Gasteiger partial charge on any atom is -0.454 e. The lowest BCUT2D eigenvalue weighted by Gasteiger charge is -2.18. The van der Waals surface area contributed by atoms with Crippen molar-refractivity contribution in [3.8, 4) is 11.5 Å². The smallest absolute Gasteiger partial charge is 0.231 e. The summed E-state index contributed by atoms with van der Waals surface area (Å²) in [5.74, 6) is 3.97. The fourth-order valence-electron chi connectivity index (χ4n) is 1.96. The second-order valence-electron chi connectivity index (χ2n) is 4.28. The number of ether oxygens (including phenoxy) is 2. The van der Waals surface area contributed by atoms with Crippen LogP contribution < -0.4 is 14.8 Å². The number of thioether (sulfide) groups is 1. The van der Waals surface area contributed by atoms with Crippen LogP contribution in [-0.4, -0.2) is 24.8 Å². The highest BCUT2D eigenvalue weighted by Crippen LogP contribution is 2.34. The number of benzene rings is 1. The minimum absolute atomic E-state index is 0.343. The predicted octanol–water partition coefficient (Wildman–Crippen LogP) is 3.21. The van der Waals surface area contributed by atoms with Crippen molar-refractivity contribution in [3.05, 3.63) is 23.8 Å². The third kappa shape index (κ3) is 3.33. The number of hydrogen-bond acceptors (Lipinski definition) is 4. The van der Waals surface area contributed by atoms with E-state index < -0.39 is 0 Å². The first-order chi connectivity index (χ1) is 8.85. The van der Waals surface area contributed by atoms with Gasteiger partial charge < -0.3 is 14.8 Å². The molecule has 1 unspecified atom stereocenters. The topological polar surface area (TPSA) is 30.5 Å². The monoisotopic (exact) mass is 267 g/mol. The molecule has 0 aromatic heterocycles. The van der Waals surface area contributed by atoms with Crippen LogP contribution in [0.2, 0.25) is 0 Å². The molecule has 1 aliphatic rings. The van der Waals surface area contributed by atoms with E-state index in [1.165, 1.54) is 5.56 Å². The van der Waals surface area contributed by atoms with Crippen molar-refractivity contribution in [3.63, 3.8) is 0 Å². The van der Waals surface area contributed by atoms with Gasteiger partial charge in [-0.05, 0) is 36.4 Å². The summed E-state index contributed by atoms with van der Waals surface area (Å²) in [5.41, 5.74) is 1.29. The van der Waals surface area contributed by atoms with Gasteiger partial charge in [-0.15, -0.1) is 0 Å². The van der Waals surface area contributed by atoms with E-state index >= 15 is 0 Å². The van der Waals surface area contributed by atoms with Crippen LogP contribution in [0, 0.1) is 0 Å². The Balaban J connectivity index is 2.08. The zero-order valence-corrected chi connectivity index (χ0v) is 11.9. The molecule has 1 aliphatic heterocycles. The molecule has 1 heterocycles. The molecular weight excluding hydrogens is 246 g/mol. The molecule has 3 nitrogen and oxygen atoms in total. The van der Waals surface area contributed by atoms with E-state index in [9.17, 15) is 0 Å². The third-order valence-corrected chi connectivity index (χ3v) is 3.91. The van der Waals surface area contributed by atoms with Crippen LogP contribution in [0.1, 0.15) is 31.9 Å². The summed E-state index contributed by atoms with van der Waals surface area (Å²) in [6.45, 7) is 5.77. The van der Waals surface area contributed by atoms with Crippen LogP contribution in [0.15, 0.2) is 18.2 Å². The molecule has 1 atom stereocenters. The Bertz CT molecular complexity index is 376. The van der Waals surface area contributed by atoms with Gasteiger partial charge in [0.05, 0.1) is 0 Å². The molecule has 0 aliphatic carbocycles. The van der Waals surface area contributed by atoms with E-state index in [0.717, 1.165) is 36.0 Å². The zero-order chi connectivity index (χ0) is 12.8. The summed E-state index contributed by atoms with van der Waals surface area (Å²) in [4.78, 5) is 0. The lowest BCUT2D eigenvalue weighted by molar-refractivity contribution is 0.174. The number of rotatable bonds is 7. The molecule has 1 aromatic rings. The van der Waals surface area contributed by atoms with Gasteiger partial charge in [0.1, 0.15) is 0 Å². The largest absolute Gasteiger partial charge is 0.454 e. The zero-order valence-electron chi connectivity index (χ0n) is 11.1. The van der Waals surface area contributed by atoms with Crippen molar-refractivity contribution >= 4 is 11.8 Å². The average molecular weight is 267 g/mol. The van der Waals surface area contributed by atoms with E-state index in [4.69, 9.17) is 9.47 Å². The van der Waals surface area contributed by atoms with Crippen LogP contribution in [-0.2, 0) is 0 Å². The Morgan fingerprint density at radius 3 is 2.89 bits per heavy atom. The molecule has 0 amide bonds. The Morgan fingerprint density at radius 1 is 1.28 bits per heavy atom. The SMILES string of the molecule is CCCNC(CSCC)c1ccc2c(c1)OCO2. The number of fused-ring (bicyclic) bond motifs is 1. The Morgan fingerprint density at radius 2 is 2.11 bits per heavy atom. The van der Waals surface area contributed by atoms with Gasteiger partial charge in [-0.2, -0.15) is 11.8 Å². The number of hydrogen-bond donors (Lipinski definition) is 1. The fraction of sp³-hybridized carbons (Fsp3) is 0.571. The van der Waals surface area contributed by atoms with Crippen LogP contribution in [0.5, 0.6) is 11.5 Å². The quantitative estimate of drug-likeness (QED) is 0.822. The van der Waals surface area contributed by atoms with Crippen molar-refractivity contribution in [1.82, 2.24) is 5.32 Å². The molecule has 0 fully saturated rings. The average Bonchev–Trinajstić information content (AvgIpc) is 2.86. The van der Waals surface area contributed by atoms with Gasteiger partial charge in [0, 0.05) is 11.8 Å². The molecule has 100 valence electrons. The highest BCUT2D eigenvalue weighted by molar-refractivity contribution is 7.99. The van der Waals surface area contributed by atoms with Crippen molar-refractivity contribution in [2.45, 2.75) is 26.3 Å². The summed E-state index contributed by atoms with van der Waals surface area (Å²) in [6.07, 6.45) is 1.15. The summed E-state index contributed by atoms with van der Waals surface area (Å²) in [5, 5.41) is 3.59. The standard InChI is InChI=1S/C14H21NO2S/c1-3-7-15-12(9-18-4-2)11-5-6-13-14(8-11)17-10-16-13/h5-6,8,12,15H,3-4,7,9-10H2,1-2H3. The highest BCUT2D eigenvalue weighted by Gasteiger charge is 2.17. The minimum atomic E-state index is 0.343. The second-order valence-corrected chi connectivity index (χ2v) is 5.60. The summed E-state index contributed by atoms with van der Waals surface area (Å²) in [6, 6.07) is 6.64. The summed E-state index contributed by atoms with van der Waals surface area (Å²) in [7, 11) is 0. The van der Waals surface area contributed by atoms with Crippen molar-refractivity contribution < 1.29 is 9.47 Å². The van der Waals surface area contributed by atoms with E-state index in [1.807, 2.05) is 17.8 Å². The fourth-order valence-corrected chi connectivity index (χ4v) is 2.74. The lowest BCUT2D eigenvalue weighted by Crippen LogP contribution is -2.24. The van der Waals surface area contributed by atoms with Crippen molar-refractivity contribution in [1.29, 1.82) is 0 Å². The summed E-state index contributed by atoms with van der Waals surface area (Å²) < 4.78 is 10.8. The van der Waals surface area contributed by atoms with Gasteiger partial charge in [-0.25, -0.2) is 0 Å². The molecule has 18 heavy (non-hydrogen) atoms. The molecule has 4 heteroatoms. The van der Waals surface area contributed by atoms with Crippen LogP contribution >= 0.6 is 11.8 Å². The van der Waals surface area contributed by atoms with E-state index in [-0.39, 0.29) is 0 Å². The Hall–Kier alpha value is -0.870. The number of nitrogens with one attached hydrogen (secondary N) is 1. The van der Waals surface area contributed by atoms with Gasteiger partial charge in [-0.3, -0.25) is 0 Å². The molecule has 0 saturated carbocycles. The molecule has 1 N–H and O–H groups in total. The first-order valence-corrected chi connectivity index (χ1v) is 7.71. The molecular formula is C14H21NO2S. The predicted molar refractivity (Wildman–Crippen MR) is 76.6 cm³/mol. The molecule has 0 spiro atoms. The van der Waals surface area contributed by atoms with Crippen LogP contribution in [0.4, 0.5) is 0 Å². The first kappa shape index (κ1) is 13.6.